The summed E-state index contributed by atoms with van der Waals surface area (Å²) in [5.41, 5.74) is 2.08. The van der Waals surface area contributed by atoms with Gasteiger partial charge in [0.05, 0.1) is 0 Å². The molecule has 0 unspecified atom stereocenters. The van der Waals surface area contributed by atoms with E-state index in [9.17, 15) is 4.79 Å². The molecule has 1 rings (SSSR count). The average molecular weight is 198 g/mol. The van der Waals surface area contributed by atoms with E-state index in [2.05, 4.69) is 10.6 Å². The van der Waals surface area contributed by atoms with Crippen LogP contribution in [0.3, 0.4) is 0 Å². The summed E-state index contributed by atoms with van der Waals surface area (Å²) < 4.78 is 4.89. The van der Waals surface area contributed by atoms with Crippen molar-refractivity contribution in [3.63, 3.8) is 0 Å². The number of rotatable bonds is 5. The first kappa shape index (κ1) is 11.2. The largest absolute Gasteiger partial charge is 0.385 e. The van der Waals surface area contributed by atoms with Crippen LogP contribution in [0.4, 0.5) is 0 Å². The van der Waals surface area contributed by atoms with Crippen molar-refractivity contribution in [2.45, 2.75) is 13.3 Å². The molecule has 0 saturated carbocycles. The molecule has 1 heterocycles. The maximum atomic E-state index is 11.5. The van der Waals surface area contributed by atoms with Crippen molar-refractivity contribution in [1.29, 1.82) is 0 Å². The summed E-state index contributed by atoms with van der Waals surface area (Å²) in [4.78, 5) is 11.5. The first-order valence-corrected chi connectivity index (χ1v) is 4.92. The fourth-order valence-electron chi connectivity index (χ4n) is 1.23. The number of nitrogens with one attached hydrogen (secondary N) is 2. The Kier molecular flexibility index (Phi) is 4.62. The zero-order valence-corrected chi connectivity index (χ0v) is 8.85. The third-order valence-corrected chi connectivity index (χ3v) is 2.36. The van der Waals surface area contributed by atoms with E-state index in [4.69, 9.17) is 4.74 Å². The van der Waals surface area contributed by atoms with Crippen molar-refractivity contribution in [1.82, 2.24) is 10.6 Å². The van der Waals surface area contributed by atoms with Gasteiger partial charge in [0.15, 0.2) is 0 Å². The zero-order chi connectivity index (χ0) is 10.4. The van der Waals surface area contributed by atoms with Gasteiger partial charge in [-0.25, -0.2) is 0 Å². The molecule has 1 saturated heterocycles. The number of hydrogen-bond donors (Lipinski definition) is 2. The number of hydrogen-bond acceptors (Lipinski definition) is 3. The van der Waals surface area contributed by atoms with Crippen molar-refractivity contribution in [2.24, 2.45) is 0 Å². The zero-order valence-electron chi connectivity index (χ0n) is 8.85. The molecule has 0 radical (unpaired) electrons. The molecule has 4 heteroatoms. The number of carbonyl (C=O) groups is 1. The van der Waals surface area contributed by atoms with E-state index in [1.807, 2.05) is 6.92 Å². The van der Waals surface area contributed by atoms with Crippen molar-refractivity contribution in [3.8, 4) is 0 Å². The summed E-state index contributed by atoms with van der Waals surface area (Å²) in [6.07, 6.45) is 0.864. The van der Waals surface area contributed by atoms with Crippen molar-refractivity contribution < 1.29 is 9.53 Å². The van der Waals surface area contributed by atoms with Crippen LogP contribution in [0.1, 0.15) is 13.3 Å². The lowest BCUT2D eigenvalue weighted by Gasteiger charge is -2.21. The highest BCUT2D eigenvalue weighted by molar-refractivity contribution is 5.93. The highest BCUT2D eigenvalue weighted by Crippen LogP contribution is 2.08. The molecule has 0 atom stereocenters. The van der Waals surface area contributed by atoms with Crippen LogP contribution in [0.25, 0.3) is 0 Å². The molecule has 1 aliphatic heterocycles. The Hall–Kier alpha value is -0.870. The van der Waals surface area contributed by atoms with Crippen LogP contribution in [0.2, 0.25) is 0 Å². The summed E-state index contributed by atoms with van der Waals surface area (Å²) in [5.74, 6) is 0.0533. The van der Waals surface area contributed by atoms with Gasteiger partial charge in [-0.15, -0.1) is 0 Å². The lowest BCUT2D eigenvalue weighted by atomic mass is 10.0. The van der Waals surface area contributed by atoms with E-state index in [1.165, 1.54) is 5.57 Å². The maximum absolute atomic E-state index is 11.5. The van der Waals surface area contributed by atoms with Gasteiger partial charge in [-0.2, -0.15) is 0 Å². The number of ether oxygens (including phenoxy) is 1. The molecule has 80 valence electrons. The highest BCUT2D eigenvalue weighted by Gasteiger charge is 2.15. The van der Waals surface area contributed by atoms with E-state index in [0.29, 0.717) is 13.2 Å². The maximum Gasteiger partial charge on any atom is 0.246 e. The van der Waals surface area contributed by atoms with E-state index in [1.54, 1.807) is 7.11 Å². The van der Waals surface area contributed by atoms with Gasteiger partial charge in [0.2, 0.25) is 5.91 Å². The number of carbonyl (C=O) groups excluding carboxylic acids is 1. The van der Waals surface area contributed by atoms with Crippen LogP contribution in [0.15, 0.2) is 11.1 Å². The van der Waals surface area contributed by atoms with Gasteiger partial charge < -0.3 is 15.4 Å². The molecule has 14 heavy (non-hydrogen) atoms. The van der Waals surface area contributed by atoms with E-state index < -0.39 is 0 Å². The lowest BCUT2D eigenvalue weighted by Crippen LogP contribution is -2.37. The van der Waals surface area contributed by atoms with Gasteiger partial charge in [-0.3, -0.25) is 4.79 Å². The molecular weight excluding hydrogens is 180 g/mol. The molecule has 1 fully saturated rings. The Bertz CT molecular complexity index is 230. The van der Waals surface area contributed by atoms with Gasteiger partial charge in [0.25, 0.3) is 0 Å². The van der Waals surface area contributed by atoms with Crippen LogP contribution < -0.4 is 10.6 Å². The van der Waals surface area contributed by atoms with Gasteiger partial charge in [0, 0.05) is 38.9 Å². The summed E-state index contributed by atoms with van der Waals surface area (Å²) in [7, 11) is 1.66. The average Bonchev–Trinajstić information content (AvgIpc) is 2.09. The van der Waals surface area contributed by atoms with Gasteiger partial charge >= 0.3 is 0 Å². The quantitative estimate of drug-likeness (QED) is 0.485. The Labute approximate surface area is 84.7 Å². The van der Waals surface area contributed by atoms with Crippen LogP contribution in [-0.4, -0.2) is 39.3 Å². The molecule has 0 aromatic heterocycles. The molecule has 0 aromatic rings. The topological polar surface area (TPSA) is 50.4 Å². The molecule has 4 nitrogen and oxygen atoms in total. The predicted molar refractivity (Wildman–Crippen MR) is 55.1 cm³/mol. The smallest absolute Gasteiger partial charge is 0.246 e. The molecular formula is C10H18N2O2. The fraction of sp³-hybridized carbons (Fsp3) is 0.700. The predicted octanol–water partition coefficient (Wildman–Crippen LogP) is 0.0588. The number of amides is 1. The van der Waals surface area contributed by atoms with Gasteiger partial charge in [-0.05, 0) is 18.9 Å². The Balaban J connectivity index is 2.21. The van der Waals surface area contributed by atoms with Crippen LogP contribution in [-0.2, 0) is 9.53 Å². The second-order valence-electron chi connectivity index (χ2n) is 3.43. The second-order valence-corrected chi connectivity index (χ2v) is 3.43. The third kappa shape index (κ3) is 3.12. The molecule has 0 aliphatic carbocycles. The van der Waals surface area contributed by atoms with Gasteiger partial charge in [0.1, 0.15) is 0 Å². The molecule has 1 amide bonds. The van der Waals surface area contributed by atoms with E-state index in [0.717, 1.165) is 25.1 Å². The highest BCUT2D eigenvalue weighted by atomic mass is 16.5. The third-order valence-electron chi connectivity index (χ3n) is 2.36. The molecule has 0 bridgehead atoms. The number of methoxy groups -OCH3 is 1. The summed E-state index contributed by atoms with van der Waals surface area (Å²) in [6.45, 7) is 4.97. The minimum Gasteiger partial charge on any atom is -0.385 e. The first-order chi connectivity index (χ1) is 6.75. The summed E-state index contributed by atoms with van der Waals surface area (Å²) in [6, 6.07) is 0. The minimum atomic E-state index is 0.0533. The Morgan fingerprint density at radius 1 is 1.57 bits per heavy atom. The summed E-state index contributed by atoms with van der Waals surface area (Å²) in [5, 5.41) is 5.98. The van der Waals surface area contributed by atoms with Crippen molar-refractivity contribution in [2.75, 3.05) is 33.4 Å². The molecule has 1 aliphatic rings. The van der Waals surface area contributed by atoms with E-state index >= 15 is 0 Å². The normalized spacial score (nSPS) is 14.9. The van der Waals surface area contributed by atoms with Crippen molar-refractivity contribution >= 4 is 5.91 Å². The molecule has 2 N–H and O–H groups in total. The Morgan fingerprint density at radius 2 is 2.29 bits per heavy atom. The Morgan fingerprint density at radius 3 is 2.79 bits per heavy atom. The van der Waals surface area contributed by atoms with Crippen LogP contribution >= 0.6 is 0 Å². The lowest BCUT2D eigenvalue weighted by molar-refractivity contribution is -0.117. The van der Waals surface area contributed by atoms with Crippen LogP contribution in [0, 0.1) is 0 Å². The summed E-state index contributed by atoms with van der Waals surface area (Å²) >= 11 is 0. The first-order valence-electron chi connectivity index (χ1n) is 4.92. The van der Waals surface area contributed by atoms with Crippen LogP contribution in [0.5, 0.6) is 0 Å². The standard InChI is InChI=1S/C10H18N2O2/c1-8(9-6-11-7-9)10(13)12-4-3-5-14-2/h11H,3-7H2,1-2H3,(H,12,13). The SMILES string of the molecule is COCCCNC(=O)C(C)=C1CNC1. The molecule has 0 aromatic carbocycles. The monoisotopic (exact) mass is 198 g/mol. The van der Waals surface area contributed by atoms with Gasteiger partial charge in [-0.1, -0.05) is 0 Å². The van der Waals surface area contributed by atoms with E-state index in [-0.39, 0.29) is 5.91 Å². The minimum absolute atomic E-state index is 0.0533. The van der Waals surface area contributed by atoms with Crippen molar-refractivity contribution in [3.05, 3.63) is 11.1 Å². The second kappa shape index (κ2) is 5.78. The molecule has 0 spiro atoms. The fourth-order valence-corrected chi connectivity index (χ4v) is 1.23.